The third kappa shape index (κ3) is 6.15. The van der Waals surface area contributed by atoms with Crippen LogP contribution in [0.3, 0.4) is 0 Å². The zero-order valence-electron chi connectivity index (χ0n) is 18.4. The van der Waals surface area contributed by atoms with E-state index >= 15 is 0 Å². The first-order valence-electron chi connectivity index (χ1n) is 10.7. The summed E-state index contributed by atoms with van der Waals surface area (Å²) in [6.07, 6.45) is -0.195. The summed E-state index contributed by atoms with van der Waals surface area (Å²) in [4.78, 5) is 2.25. The maximum Gasteiger partial charge on any atom is 0.252 e. The molecule has 1 aliphatic heterocycles. The first-order valence-corrected chi connectivity index (χ1v) is 13.4. The van der Waals surface area contributed by atoms with Gasteiger partial charge in [0.25, 0.3) is 10.0 Å². The summed E-state index contributed by atoms with van der Waals surface area (Å²) in [7, 11) is -1.77. The zero-order valence-corrected chi connectivity index (χ0v) is 20.8. The fourth-order valence-electron chi connectivity index (χ4n) is 3.84. The van der Waals surface area contributed by atoms with Gasteiger partial charge in [0.2, 0.25) is 0 Å². The standard InChI is InChI=1S/C24H27ClN2O4S2/c1-30-22-8-3-6-20(16-22)23(31-18-19-5-2-7-21(25)15-19)17-26-10-12-27(13-11-26)33(28,29)24-9-4-14-32-24/h2-9,14-16,23H,10-13,17-18H2,1H3/t23-/m1/s1. The van der Waals surface area contributed by atoms with E-state index in [9.17, 15) is 8.42 Å². The highest BCUT2D eigenvalue weighted by molar-refractivity contribution is 7.91. The van der Waals surface area contributed by atoms with Crippen molar-refractivity contribution in [3.05, 3.63) is 82.2 Å². The number of hydrogen-bond acceptors (Lipinski definition) is 6. The van der Waals surface area contributed by atoms with Gasteiger partial charge in [0.1, 0.15) is 9.96 Å². The fourth-order valence-corrected chi connectivity index (χ4v) is 6.62. The van der Waals surface area contributed by atoms with Crippen molar-refractivity contribution in [2.45, 2.75) is 16.9 Å². The number of piperazine rings is 1. The smallest absolute Gasteiger partial charge is 0.252 e. The monoisotopic (exact) mass is 506 g/mol. The molecule has 0 aliphatic carbocycles. The van der Waals surface area contributed by atoms with E-state index in [1.807, 2.05) is 48.5 Å². The van der Waals surface area contributed by atoms with E-state index < -0.39 is 10.0 Å². The summed E-state index contributed by atoms with van der Waals surface area (Å²) in [5.74, 6) is 0.774. The van der Waals surface area contributed by atoms with E-state index in [4.69, 9.17) is 21.1 Å². The van der Waals surface area contributed by atoms with E-state index in [-0.39, 0.29) is 6.10 Å². The third-order valence-electron chi connectivity index (χ3n) is 5.65. The molecule has 0 radical (unpaired) electrons. The lowest BCUT2D eigenvalue weighted by Gasteiger charge is -2.35. The molecule has 3 aromatic rings. The molecule has 1 fully saturated rings. The second-order valence-corrected chi connectivity index (χ2v) is 11.4. The molecule has 0 bridgehead atoms. The molecule has 4 rings (SSSR count). The van der Waals surface area contributed by atoms with Gasteiger partial charge in [0, 0.05) is 37.7 Å². The summed E-state index contributed by atoms with van der Waals surface area (Å²) in [5, 5.41) is 2.47. The maximum absolute atomic E-state index is 12.8. The molecule has 2 aromatic carbocycles. The topological polar surface area (TPSA) is 59.1 Å². The van der Waals surface area contributed by atoms with Gasteiger partial charge in [0.05, 0.1) is 19.8 Å². The van der Waals surface area contributed by atoms with Crippen molar-refractivity contribution in [1.29, 1.82) is 0 Å². The number of sulfonamides is 1. The highest BCUT2D eigenvalue weighted by Gasteiger charge is 2.30. The summed E-state index contributed by atoms with van der Waals surface area (Å²) in [5.41, 5.74) is 2.02. The lowest BCUT2D eigenvalue weighted by atomic mass is 10.1. The van der Waals surface area contributed by atoms with E-state index in [1.54, 1.807) is 28.9 Å². The molecule has 0 spiro atoms. The van der Waals surface area contributed by atoms with Gasteiger partial charge in [-0.15, -0.1) is 11.3 Å². The van der Waals surface area contributed by atoms with E-state index in [0.29, 0.717) is 48.6 Å². The lowest BCUT2D eigenvalue weighted by molar-refractivity contribution is 0.00764. The van der Waals surface area contributed by atoms with Crippen LogP contribution in [-0.2, 0) is 21.4 Å². The van der Waals surface area contributed by atoms with E-state index in [2.05, 4.69) is 4.90 Å². The van der Waals surface area contributed by atoms with Crippen molar-refractivity contribution < 1.29 is 17.9 Å². The Morgan fingerprint density at radius 1 is 1.03 bits per heavy atom. The molecule has 0 unspecified atom stereocenters. The van der Waals surface area contributed by atoms with Crippen molar-refractivity contribution in [2.24, 2.45) is 0 Å². The van der Waals surface area contributed by atoms with Gasteiger partial charge in [-0.05, 0) is 46.8 Å². The molecule has 0 saturated carbocycles. The largest absolute Gasteiger partial charge is 0.497 e. The molecular weight excluding hydrogens is 480 g/mol. The molecule has 1 saturated heterocycles. The molecular formula is C24H27ClN2O4S2. The molecule has 176 valence electrons. The first kappa shape index (κ1) is 24.2. The number of thiophene rings is 1. The zero-order chi connectivity index (χ0) is 23.3. The van der Waals surface area contributed by atoms with Crippen LogP contribution in [0.1, 0.15) is 17.2 Å². The van der Waals surface area contributed by atoms with Gasteiger partial charge >= 0.3 is 0 Å². The minimum atomic E-state index is -3.42. The Hall–Kier alpha value is -1.94. The normalized spacial score (nSPS) is 16.5. The highest BCUT2D eigenvalue weighted by Crippen LogP contribution is 2.27. The lowest BCUT2D eigenvalue weighted by Crippen LogP contribution is -2.49. The van der Waals surface area contributed by atoms with Crippen molar-refractivity contribution in [1.82, 2.24) is 9.21 Å². The second kappa shape index (κ2) is 11.0. The summed E-state index contributed by atoms with van der Waals surface area (Å²) >= 11 is 7.38. The molecule has 0 amide bonds. The number of benzene rings is 2. The van der Waals surface area contributed by atoms with Gasteiger partial charge in [-0.25, -0.2) is 8.42 Å². The molecule has 1 atom stereocenters. The molecule has 1 aromatic heterocycles. The van der Waals surface area contributed by atoms with Crippen molar-refractivity contribution >= 4 is 33.0 Å². The van der Waals surface area contributed by atoms with E-state index in [0.717, 1.165) is 16.9 Å². The van der Waals surface area contributed by atoms with Crippen LogP contribution in [0.2, 0.25) is 5.02 Å². The quantitative estimate of drug-likeness (QED) is 0.422. The second-order valence-electron chi connectivity index (χ2n) is 7.84. The third-order valence-corrected chi connectivity index (χ3v) is 9.16. The molecule has 1 aliphatic rings. The van der Waals surface area contributed by atoms with Gasteiger partial charge in [0.15, 0.2) is 0 Å². The van der Waals surface area contributed by atoms with Gasteiger partial charge in [-0.1, -0.05) is 41.9 Å². The predicted molar refractivity (Wildman–Crippen MR) is 131 cm³/mol. The predicted octanol–water partition coefficient (Wildman–Crippen LogP) is 4.67. The highest BCUT2D eigenvalue weighted by atomic mass is 35.5. The number of methoxy groups -OCH3 is 1. The van der Waals surface area contributed by atoms with Crippen LogP contribution in [-0.4, -0.2) is 57.5 Å². The molecule has 33 heavy (non-hydrogen) atoms. The molecule has 0 N–H and O–H groups in total. The minimum absolute atomic E-state index is 0.195. The van der Waals surface area contributed by atoms with Gasteiger partial charge in [-0.3, -0.25) is 4.90 Å². The summed E-state index contributed by atoms with van der Waals surface area (Å²) in [6.45, 7) is 3.28. The Morgan fingerprint density at radius 3 is 2.52 bits per heavy atom. The number of halogens is 1. The Labute approximate surface area is 204 Å². The van der Waals surface area contributed by atoms with Crippen molar-refractivity contribution in [3.8, 4) is 5.75 Å². The van der Waals surface area contributed by atoms with Crippen molar-refractivity contribution in [2.75, 3.05) is 39.8 Å². The van der Waals surface area contributed by atoms with Crippen LogP contribution < -0.4 is 4.74 Å². The molecule has 2 heterocycles. The van der Waals surface area contributed by atoms with Gasteiger partial charge in [-0.2, -0.15) is 4.31 Å². The molecule has 6 nitrogen and oxygen atoms in total. The summed E-state index contributed by atoms with van der Waals surface area (Å²) in [6, 6.07) is 19.0. The number of ether oxygens (including phenoxy) is 2. The summed E-state index contributed by atoms with van der Waals surface area (Å²) < 4.78 is 39.4. The minimum Gasteiger partial charge on any atom is -0.497 e. The van der Waals surface area contributed by atoms with Crippen LogP contribution in [0.4, 0.5) is 0 Å². The van der Waals surface area contributed by atoms with Crippen LogP contribution in [0.5, 0.6) is 5.75 Å². The number of nitrogens with zero attached hydrogens (tertiary/aromatic N) is 2. The number of rotatable bonds is 9. The average molecular weight is 507 g/mol. The maximum atomic E-state index is 12.8. The Balaban J connectivity index is 1.44. The average Bonchev–Trinajstić information content (AvgIpc) is 3.38. The Morgan fingerprint density at radius 2 is 1.82 bits per heavy atom. The van der Waals surface area contributed by atoms with E-state index in [1.165, 1.54) is 11.3 Å². The van der Waals surface area contributed by atoms with Crippen LogP contribution in [0.25, 0.3) is 0 Å². The first-order chi connectivity index (χ1) is 16.0. The molecule has 9 heteroatoms. The van der Waals surface area contributed by atoms with Gasteiger partial charge < -0.3 is 9.47 Å². The SMILES string of the molecule is COc1cccc([C@@H](CN2CCN(S(=O)(=O)c3cccs3)CC2)OCc2cccc(Cl)c2)c1. The number of hydrogen-bond donors (Lipinski definition) is 0. The van der Waals surface area contributed by atoms with Crippen LogP contribution in [0.15, 0.2) is 70.3 Å². The van der Waals surface area contributed by atoms with Crippen LogP contribution in [0, 0.1) is 0 Å². The Kier molecular flexibility index (Phi) is 8.06. The fraction of sp³-hybridized carbons (Fsp3) is 0.333. The Bertz CT molecular complexity index is 1150. The van der Waals surface area contributed by atoms with Crippen molar-refractivity contribution in [3.63, 3.8) is 0 Å². The van der Waals surface area contributed by atoms with Crippen LogP contribution >= 0.6 is 22.9 Å².